The monoisotopic (exact) mass is 337 g/mol. The Bertz CT molecular complexity index is 630. The fourth-order valence-corrected chi connectivity index (χ4v) is 2.05. The number of hydrogen-bond donors (Lipinski definition) is 0. The Hall–Kier alpha value is -2.08. The Labute approximate surface area is 124 Å². The Balaban J connectivity index is 2.44. The Morgan fingerprint density at radius 2 is 1.75 bits per heavy atom. The highest BCUT2D eigenvalue weighted by molar-refractivity contribution is 9.10. The summed E-state index contributed by atoms with van der Waals surface area (Å²) in [7, 11) is 0. The molecule has 2 rings (SSSR count). The number of rotatable bonds is 5. The molecule has 0 spiro atoms. The van der Waals surface area contributed by atoms with Crippen LogP contribution in [0.4, 0.5) is 5.69 Å². The van der Waals surface area contributed by atoms with Gasteiger partial charge in [0.05, 0.1) is 16.0 Å². The molecule has 0 amide bonds. The van der Waals surface area contributed by atoms with Gasteiger partial charge in [-0.15, -0.1) is 0 Å². The Morgan fingerprint density at radius 3 is 2.40 bits per heavy atom. The maximum absolute atomic E-state index is 11.2. The van der Waals surface area contributed by atoms with Crippen molar-refractivity contribution in [3.8, 4) is 17.2 Å². The van der Waals surface area contributed by atoms with Crippen molar-refractivity contribution in [1.82, 2.24) is 0 Å². The summed E-state index contributed by atoms with van der Waals surface area (Å²) in [5, 5.41) is 11.2. The molecule has 0 saturated carbocycles. The molecule has 0 radical (unpaired) electrons. The number of ether oxygens (including phenoxy) is 2. The summed E-state index contributed by atoms with van der Waals surface area (Å²) in [6.45, 7) is 2.12. The summed E-state index contributed by atoms with van der Waals surface area (Å²) in [4.78, 5) is 10.7. The van der Waals surface area contributed by atoms with Crippen LogP contribution < -0.4 is 9.47 Å². The lowest BCUT2D eigenvalue weighted by Crippen LogP contribution is -1.99. The molecule has 20 heavy (non-hydrogen) atoms. The van der Waals surface area contributed by atoms with Crippen LogP contribution >= 0.6 is 15.9 Å². The van der Waals surface area contributed by atoms with Gasteiger partial charge >= 0.3 is 5.69 Å². The number of nitro benzene ring substituents is 1. The number of hydrogen-bond acceptors (Lipinski definition) is 4. The van der Waals surface area contributed by atoms with Crippen molar-refractivity contribution in [3.05, 3.63) is 57.1 Å². The molecule has 0 aliphatic heterocycles. The minimum Gasteiger partial charge on any atom is -0.487 e. The lowest BCUT2D eigenvalue weighted by molar-refractivity contribution is -0.386. The van der Waals surface area contributed by atoms with Gasteiger partial charge in [-0.05, 0) is 47.1 Å². The third-order valence-electron chi connectivity index (χ3n) is 2.50. The van der Waals surface area contributed by atoms with Gasteiger partial charge < -0.3 is 9.47 Å². The number of halogens is 1. The molecule has 0 N–H and O–H groups in total. The van der Waals surface area contributed by atoms with Crippen LogP contribution in [-0.2, 0) is 0 Å². The first-order valence-corrected chi connectivity index (χ1v) is 6.75. The molecule has 0 aliphatic rings. The lowest BCUT2D eigenvalue weighted by atomic mass is 10.2. The molecule has 2 aromatic carbocycles. The van der Waals surface area contributed by atoms with E-state index in [2.05, 4.69) is 15.9 Å². The van der Waals surface area contributed by atoms with Crippen LogP contribution in [-0.4, -0.2) is 11.5 Å². The number of benzene rings is 2. The number of nitro groups is 1. The van der Waals surface area contributed by atoms with Gasteiger partial charge in [-0.3, -0.25) is 10.1 Å². The molecule has 0 heterocycles. The first-order valence-electron chi connectivity index (χ1n) is 5.96. The average Bonchev–Trinajstić information content (AvgIpc) is 2.41. The standard InChI is InChI=1S/C14H12BrNO4/c1-2-19-12-8-5-9-13(14(12)16(17)18)20-11-7-4-3-6-10(11)15/h3-9H,2H2,1H3. The smallest absolute Gasteiger partial charge is 0.352 e. The van der Waals surface area contributed by atoms with Crippen LogP contribution in [0.3, 0.4) is 0 Å². The van der Waals surface area contributed by atoms with Crippen LogP contribution in [0.25, 0.3) is 0 Å². The summed E-state index contributed by atoms with van der Waals surface area (Å²) in [5.74, 6) is 0.846. The second-order valence-corrected chi connectivity index (χ2v) is 4.68. The van der Waals surface area contributed by atoms with E-state index in [9.17, 15) is 10.1 Å². The van der Waals surface area contributed by atoms with Gasteiger partial charge in [0.2, 0.25) is 11.5 Å². The second kappa shape index (κ2) is 6.38. The van der Waals surface area contributed by atoms with E-state index < -0.39 is 4.92 Å². The van der Waals surface area contributed by atoms with Crippen molar-refractivity contribution in [2.24, 2.45) is 0 Å². The second-order valence-electron chi connectivity index (χ2n) is 3.83. The van der Waals surface area contributed by atoms with Crippen molar-refractivity contribution < 1.29 is 14.4 Å². The van der Waals surface area contributed by atoms with Crippen LogP contribution in [0.2, 0.25) is 0 Å². The average molecular weight is 338 g/mol. The van der Waals surface area contributed by atoms with Crippen LogP contribution in [0.15, 0.2) is 46.9 Å². The zero-order valence-corrected chi connectivity index (χ0v) is 12.3. The van der Waals surface area contributed by atoms with Crippen LogP contribution in [0, 0.1) is 10.1 Å². The van der Waals surface area contributed by atoms with Gasteiger partial charge in [-0.25, -0.2) is 0 Å². The van der Waals surface area contributed by atoms with Crippen molar-refractivity contribution >= 4 is 21.6 Å². The van der Waals surface area contributed by atoms with Crippen LogP contribution in [0.5, 0.6) is 17.2 Å². The molecule has 0 bridgehead atoms. The molecule has 104 valence electrons. The van der Waals surface area contributed by atoms with Gasteiger partial charge in [0, 0.05) is 0 Å². The molecule has 0 unspecified atom stereocenters. The van der Waals surface area contributed by atoms with Crippen molar-refractivity contribution in [3.63, 3.8) is 0 Å². The highest BCUT2D eigenvalue weighted by atomic mass is 79.9. The summed E-state index contributed by atoms with van der Waals surface area (Å²) in [6, 6.07) is 11.9. The largest absolute Gasteiger partial charge is 0.487 e. The van der Waals surface area contributed by atoms with E-state index in [0.717, 1.165) is 4.47 Å². The summed E-state index contributed by atoms with van der Waals surface area (Å²) in [6.07, 6.45) is 0. The molecule has 0 aliphatic carbocycles. The normalized spacial score (nSPS) is 10.1. The Morgan fingerprint density at radius 1 is 1.10 bits per heavy atom. The molecular weight excluding hydrogens is 326 g/mol. The first kappa shape index (κ1) is 14.3. The van der Waals surface area contributed by atoms with Crippen molar-refractivity contribution in [1.29, 1.82) is 0 Å². The molecule has 0 atom stereocenters. The third kappa shape index (κ3) is 3.08. The minimum atomic E-state index is -0.503. The molecule has 6 heteroatoms. The highest BCUT2D eigenvalue weighted by Gasteiger charge is 2.23. The van der Waals surface area contributed by atoms with Crippen molar-refractivity contribution in [2.45, 2.75) is 6.92 Å². The quantitative estimate of drug-likeness (QED) is 0.593. The molecule has 0 fully saturated rings. The van der Waals surface area contributed by atoms with Gasteiger partial charge in [0.1, 0.15) is 5.75 Å². The van der Waals surface area contributed by atoms with Gasteiger partial charge in [-0.1, -0.05) is 18.2 Å². The zero-order chi connectivity index (χ0) is 14.5. The molecule has 0 aromatic heterocycles. The van der Waals surface area contributed by atoms with E-state index in [4.69, 9.17) is 9.47 Å². The van der Waals surface area contributed by atoms with Gasteiger partial charge in [0.25, 0.3) is 0 Å². The van der Waals surface area contributed by atoms with Gasteiger partial charge in [-0.2, -0.15) is 0 Å². The lowest BCUT2D eigenvalue weighted by Gasteiger charge is -2.10. The minimum absolute atomic E-state index is 0.146. The molecular formula is C14H12BrNO4. The van der Waals surface area contributed by atoms with Gasteiger partial charge in [0.15, 0.2) is 0 Å². The fourth-order valence-electron chi connectivity index (χ4n) is 1.68. The zero-order valence-electron chi connectivity index (χ0n) is 10.7. The highest BCUT2D eigenvalue weighted by Crippen LogP contribution is 2.40. The van der Waals surface area contributed by atoms with E-state index in [1.165, 1.54) is 0 Å². The maximum Gasteiger partial charge on any atom is 0.352 e. The molecule has 5 nitrogen and oxygen atoms in total. The van der Waals surface area contributed by atoms with E-state index in [1.807, 2.05) is 6.07 Å². The summed E-state index contributed by atoms with van der Waals surface area (Å²) in [5.41, 5.74) is -0.176. The fraction of sp³-hybridized carbons (Fsp3) is 0.143. The Kier molecular flexibility index (Phi) is 4.57. The predicted molar refractivity (Wildman–Crippen MR) is 78.5 cm³/mol. The van der Waals surface area contributed by atoms with E-state index in [1.54, 1.807) is 43.3 Å². The van der Waals surface area contributed by atoms with E-state index in [-0.39, 0.29) is 17.2 Å². The van der Waals surface area contributed by atoms with E-state index in [0.29, 0.717) is 12.4 Å². The molecule has 0 saturated heterocycles. The van der Waals surface area contributed by atoms with Crippen molar-refractivity contribution in [2.75, 3.05) is 6.61 Å². The van der Waals surface area contributed by atoms with E-state index >= 15 is 0 Å². The molecule has 2 aromatic rings. The summed E-state index contributed by atoms with van der Waals surface area (Å²) >= 11 is 3.34. The SMILES string of the molecule is CCOc1cccc(Oc2ccccc2Br)c1[N+](=O)[O-]. The topological polar surface area (TPSA) is 61.6 Å². The summed E-state index contributed by atoms with van der Waals surface area (Å²) < 4.78 is 11.6. The number of nitrogens with zero attached hydrogens (tertiary/aromatic N) is 1. The van der Waals surface area contributed by atoms with Crippen LogP contribution in [0.1, 0.15) is 6.92 Å². The predicted octanol–water partition coefficient (Wildman–Crippen LogP) is 4.55. The first-order chi connectivity index (χ1) is 9.63. The third-order valence-corrected chi connectivity index (χ3v) is 3.16. The maximum atomic E-state index is 11.2. The number of para-hydroxylation sites is 2.